The predicted molar refractivity (Wildman–Crippen MR) is 135 cm³/mol. The number of methoxy groups -OCH3 is 2. The van der Waals surface area contributed by atoms with E-state index in [1.54, 1.807) is 38.7 Å². The van der Waals surface area contributed by atoms with Crippen LogP contribution >= 0.6 is 12.2 Å². The van der Waals surface area contributed by atoms with Crippen LogP contribution in [0, 0.1) is 0 Å². The van der Waals surface area contributed by atoms with Gasteiger partial charge in [0.2, 0.25) is 11.8 Å². The number of fused-ring (bicyclic) bond motifs is 1. The number of nitrogens with one attached hydrogen (secondary N) is 2. The van der Waals surface area contributed by atoms with Gasteiger partial charge in [0.15, 0.2) is 16.6 Å². The average molecular weight is 493 g/mol. The van der Waals surface area contributed by atoms with Crippen molar-refractivity contribution in [2.24, 2.45) is 0 Å². The fraction of sp³-hybridized carbons (Fsp3) is 0.208. The van der Waals surface area contributed by atoms with Crippen molar-refractivity contribution in [2.45, 2.75) is 12.8 Å². The summed E-state index contributed by atoms with van der Waals surface area (Å²) in [6.07, 6.45) is 7.19. The number of thiocarbonyl (C=S) groups is 1. The number of aromatic nitrogens is 4. The molecule has 0 radical (unpaired) electrons. The topological polar surface area (TPSA) is 112 Å². The minimum atomic E-state index is -0.00665. The molecule has 2 N–H and O–H groups in total. The third-order valence-electron chi connectivity index (χ3n) is 5.08. The minimum Gasteiger partial charge on any atom is -0.493 e. The van der Waals surface area contributed by atoms with Crippen molar-refractivity contribution in [1.29, 1.82) is 0 Å². The lowest BCUT2D eigenvalue weighted by Crippen LogP contribution is -2.29. The van der Waals surface area contributed by atoms with Gasteiger partial charge in [0.25, 0.3) is 0 Å². The van der Waals surface area contributed by atoms with Gasteiger partial charge in [-0.05, 0) is 49.0 Å². The smallest absolute Gasteiger partial charge is 0.231 e. The Morgan fingerprint density at radius 3 is 2.57 bits per heavy atom. The molecule has 180 valence electrons. The second kappa shape index (κ2) is 11.3. The number of carbonyl (C=O) groups is 1. The van der Waals surface area contributed by atoms with Crippen LogP contribution in [-0.2, 0) is 0 Å². The summed E-state index contributed by atoms with van der Waals surface area (Å²) >= 11 is 5.34. The number of anilines is 1. The molecular formula is C24H24N6O4S. The highest BCUT2D eigenvalue weighted by Gasteiger charge is 2.12. The standard InChI is InChI=1S/C24H24N6O4S/c1-32-20-12-18-19(13-21(20)33-2)27-14-28-23(18)34-17-7-5-16(6-8-17)29-24(35)26-9-3-4-22(31)30-11-10-25-15-30/h5-8,10-15H,3-4,9H2,1-2H3,(H2,26,29,35). The van der Waals surface area contributed by atoms with Crippen LogP contribution in [0.5, 0.6) is 23.1 Å². The highest BCUT2D eigenvalue weighted by Crippen LogP contribution is 2.35. The first-order chi connectivity index (χ1) is 17.1. The molecule has 0 spiro atoms. The minimum absolute atomic E-state index is 0.00665. The van der Waals surface area contributed by atoms with Crippen molar-refractivity contribution in [3.8, 4) is 23.1 Å². The van der Waals surface area contributed by atoms with Gasteiger partial charge in [-0.1, -0.05) is 0 Å². The molecule has 11 heteroatoms. The first kappa shape index (κ1) is 23.9. The monoisotopic (exact) mass is 492 g/mol. The molecule has 0 amide bonds. The van der Waals surface area contributed by atoms with E-state index in [2.05, 4.69) is 25.6 Å². The first-order valence-corrected chi connectivity index (χ1v) is 11.2. The quantitative estimate of drug-likeness (QED) is 0.262. The predicted octanol–water partition coefficient (Wildman–Crippen LogP) is 4.04. The Kier molecular flexibility index (Phi) is 7.68. The second-order valence-corrected chi connectivity index (χ2v) is 7.79. The molecule has 0 atom stereocenters. The zero-order valence-electron chi connectivity index (χ0n) is 19.2. The van der Waals surface area contributed by atoms with E-state index in [1.165, 1.54) is 17.2 Å². The first-order valence-electron chi connectivity index (χ1n) is 10.8. The number of nitrogens with zero attached hydrogens (tertiary/aromatic N) is 4. The Hall–Kier alpha value is -4.25. The maximum Gasteiger partial charge on any atom is 0.231 e. The summed E-state index contributed by atoms with van der Waals surface area (Å²) in [6.45, 7) is 0.572. The fourth-order valence-corrected chi connectivity index (χ4v) is 3.53. The maximum absolute atomic E-state index is 12.0. The van der Waals surface area contributed by atoms with E-state index in [-0.39, 0.29) is 5.91 Å². The van der Waals surface area contributed by atoms with Crippen LogP contribution in [-0.4, -0.2) is 51.3 Å². The Morgan fingerprint density at radius 2 is 1.86 bits per heavy atom. The zero-order valence-corrected chi connectivity index (χ0v) is 20.0. The lowest BCUT2D eigenvalue weighted by molar-refractivity contribution is 0.0900. The van der Waals surface area contributed by atoms with Crippen LogP contribution in [0.4, 0.5) is 5.69 Å². The largest absolute Gasteiger partial charge is 0.493 e. The molecule has 4 aromatic rings. The van der Waals surface area contributed by atoms with Gasteiger partial charge >= 0.3 is 0 Å². The van der Waals surface area contributed by atoms with Crippen LogP contribution in [0.3, 0.4) is 0 Å². The molecule has 2 heterocycles. The third-order valence-corrected chi connectivity index (χ3v) is 5.32. The second-order valence-electron chi connectivity index (χ2n) is 7.38. The fourth-order valence-electron chi connectivity index (χ4n) is 3.31. The molecule has 35 heavy (non-hydrogen) atoms. The van der Waals surface area contributed by atoms with E-state index in [4.69, 9.17) is 26.4 Å². The van der Waals surface area contributed by atoms with E-state index >= 15 is 0 Å². The van der Waals surface area contributed by atoms with Crippen LogP contribution in [0.1, 0.15) is 17.6 Å². The maximum atomic E-state index is 12.0. The number of ether oxygens (including phenoxy) is 3. The van der Waals surface area contributed by atoms with Gasteiger partial charge < -0.3 is 24.8 Å². The molecule has 10 nitrogen and oxygen atoms in total. The van der Waals surface area contributed by atoms with Gasteiger partial charge in [-0.25, -0.2) is 15.0 Å². The molecule has 0 saturated carbocycles. The highest BCUT2D eigenvalue weighted by atomic mass is 32.1. The summed E-state index contributed by atoms with van der Waals surface area (Å²) in [5, 5.41) is 7.38. The average Bonchev–Trinajstić information content (AvgIpc) is 3.42. The van der Waals surface area contributed by atoms with Gasteiger partial charge in [0, 0.05) is 37.1 Å². The number of imidazole rings is 1. The Bertz CT molecular complexity index is 1310. The van der Waals surface area contributed by atoms with E-state index in [9.17, 15) is 4.79 Å². The number of rotatable bonds is 9. The van der Waals surface area contributed by atoms with Crippen molar-refractivity contribution in [3.63, 3.8) is 0 Å². The van der Waals surface area contributed by atoms with Crippen LogP contribution in [0.25, 0.3) is 10.9 Å². The van der Waals surface area contributed by atoms with Crippen LogP contribution in [0.2, 0.25) is 0 Å². The SMILES string of the molecule is COc1cc2ncnc(Oc3ccc(NC(=S)NCCCC(=O)n4ccnc4)cc3)c2cc1OC. The zero-order chi connectivity index (χ0) is 24.6. The highest BCUT2D eigenvalue weighted by molar-refractivity contribution is 7.80. The summed E-state index contributed by atoms with van der Waals surface area (Å²) < 4.78 is 18.2. The molecule has 2 aromatic carbocycles. The molecule has 0 bridgehead atoms. The third kappa shape index (κ3) is 6.01. The Morgan fingerprint density at radius 1 is 1.09 bits per heavy atom. The number of carbonyl (C=O) groups excluding carboxylic acids is 1. The summed E-state index contributed by atoms with van der Waals surface area (Å²) in [7, 11) is 3.14. The molecule has 0 aliphatic carbocycles. The number of benzene rings is 2. The van der Waals surface area contributed by atoms with Gasteiger partial charge in [0.05, 0.1) is 25.1 Å². The van der Waals surface area contributed by atoms with Gasteiger partial charge in [-0.3, -0.25) is 9.36 Å². The Labute approximate surface area is 207 Å². The van der Waals surface area contributed by atoms with Crippen molar-refractivity contribution < 1.29 is 19.0 Å². The molecule has 2 aromatic heterocycles. The molecule has 4 rings (SSSR count). The van der Waals surface area contributed by atoms with Crippen molar-refractivity contribution in [3.05, 3.63) is 61.4 Å². The molecule has 0 unspecified atom stereocenters. The van der Waals surface area contributed by atoms with E-state index < -0.39 is 0 Å². The van der Waals surface area contributed by atoms with Gasteiger partial charge in [0.1, 0.15) is 18.4 Å². The summed E-state index contributed by atoms with van der Waals surface area (Å²) in [5.74, 6) is 2.13. The molecule has 0 aliphatic rings. The van der Waals surface area contributed by atoms with Crippen molar-refractivity contribution in [2.75, 3.05) is 26.1 Å². The van der Waals surface area contributed by atoms with Crippen LogP contribution < -0.4 is 24.8 Å². The lowest BCUT2D eigenvalue weighted by atomic mass is 10.2. The van der Waals surface area contributed by atoms with E-state index in [1.807, 2.05) is 24.3 Å². The molecule has 0 saturated heterocycles. The lowest BCUT2D eigenvalue weighted by Gasteiger charge is -2.12. The van der Waals surface area contributed by atoms with E-state index in [0.717, 1.165) is 5.69 Å². The summed E-state index contributed by atoms with van der Waals surface area (Å²) in [5.41, 5.74) is 1.47. The van der Waals surface area contributed by atoms with E-state index in [0.29, 0.717) is 58.5 Å². The summed E-state index contributed by atoms with van der Waals surface area (Å²) in [6, 6.07) is 10.9. The normalized spacial score (nSPS) is 10.6. The molecule has 0 fully saturated rings. The van der Waals surface area contributed by atoms with Crippen molar-refractivity contribution >= 4 is 39.8 Å². The molecular weight excluding hydrogens is 468 g/mol. The van der Waals surface area contributed by atoms with Gasteiger partial charge in [-0.15, -0.1) is 0 Å². The summed E-state index contributed by atoms with van der Waals surface area (Å²) in [4.78, 5) is 24.4. The van der Waals surface area contributed by atoms with Gasteiger partial charge in [-0.2, -0.15) is 0 Å². The van der Waals surface area contributed by atoms with Crippen LogP contribution in [0.15, 0.2) is 61.4 Å². The molecule has 0 aliphatic heterocycles. The van der Waals surface area contributed by atoms with Crippen molar-refractivity contribution in [1.82, 2.24) is 24.8 Å². The number of hydrogen-bond acceptors (Lipinski definition) is 8. The number of hydrogen-bond donors (Lipinski definition) is 2. The Balaban J connectivity index is 1.31.